The van der Waals surface area contributed by atoms with Crippen LogP contribution in [0.2, 0.25) is 0 Å². The molecule has 2 amide bonds. The van der Waals surface area contributed by atoms with Crippen LogP contribution in [-0.2, 0) is 11.8 Å². The molecule has 0 atom stereocenters. The molecule has 2 rings (SSSR count). The Kier molecular flexibility index (Phi) is 4.89. The summed E-state index contributed by atoms with van der Waals surface area (Å²) in [6.45, 7) is 2.09. The number of amides is 2. The van der Waals surface area contributed by atoms with Crippen molar-refractivity contribution < 1.29 is 18.9 Å². The van der Waals surface area contributed by atoms with Gasteiger partial charge in [-0.1, -0.05) is 11.3 Å². The Balaban J connectivity index is 1.95. The highest BCUT2D eigenvalue weighted by Gasteiger charge is 2.14. The van der Waals surface area contributed by atoms with Crippen molar-refractivity contribution in [1.29, 1.82) is 0 Å². The minimum atomic E-state index is -0.376. The van der Waals surface area contributed by atoms with Gasteiger partial charge in [-0.05, 0) is 31.2 Å². The number of aromatic nitrogens is 1. The highest BCUT2D eigenvalue weighted by atomic mass is 32.1. The highest BCUT2D eigenvalue weighted by molar-refractivity contribution is 7.13. The Hall–Kier alpha value is -2.41. The number of aryl methyl sites for hydroxylation is 1. The Morgan fingerprint density at radius 1 is 1.24 bits per heavy atom. The summed E-state index contributed by atoms with van der Waals surface area (Å²) in [7, 11) is 1.85. The standard InChI is InChI=1S/C14H15N3O3S/c1-3-20-12(18)10-4-6-11(7-5-10)15-13(19)16-14-17(2)8-9-21-14/h4-9H,3H2,1-2H3,(H,15,18,19)/p+1. The van der Waals surface area contributed by atoms with Crippen molar-refractivity contribution in [3.63, 3.8) is 0 Å². The lowest BCUT2D eigenvalue weighted by atomic mass is 10.2. The maximum atomic E-state index is 11.8. The summed E-state index contributed by atoms with van der Waals surface area (Å²) in [5, 5.41) is 8.04. The lowest BCUT2D eigenvalue weighted by Crippen LogP contribution is -2.32. The van der Waals surface area contributed by atoms with Gasteiger partial charge in [0.25, 0.3) is 0 Å². The van der Waals surface area contributed by atoms with Crippen LogP contribution in [0.5, 0.6) is 0 Å². The molecule has 6 nitrogen and oxygen atoms in total. The molecule has 0 aliphatic carbocycles. The molecule has 0 aliphatic heterocycles. The van der Waals surface area contributed by atoms with Gasteiger partial charge in [-0.25, -0.2) is 14.2 Å². The fourth-order valence-corrected chi connectivity index (χ4v) is 2.37. The molecule has 0 spiro atoms. The van der Waals surface area contributed by atoms with Gasteiger partial charge in [0.15, 0.2) is 0 Å². The number of hydrogen-bond donors (Lipinski definition) is 2. The van der Waals surface area contributed by atoms with Crippen molar-refractivity contribution in [2.24, 2.45) is 7.05 Å². The van der Waals surface area contributed by atoms with Crippen LogP contribution in [0.4, 0.5) is 15.6 Å². The van der Waals surface area contributed by atoms with E-state index in [-0.39, 0.29) is 12.0 Å². The van der Waals surface area contributed by atoms with Gasteiger partial charge in [0.2, 0.25) is 0 Å². The Morgan fingerprint density at radius 2 is 1.95 bits per heavy atom. The highest BCUT2D eigenvalue weighted by Crippen LogP contribution is 2.12. The van der Waals surface area contributed by atoms with E-state index in [0.29, 0.717) is 17.9 Å². The van der Waals surface area contributed by atoms with Gasteiger partial charge in [-0.3, -0.25) is 5.32 Å². The number of ether oxygens (including phenoxy) is 1. The average Bonchev–Trinajstić information content (AvgIpc) is 2.85. The van der Waals surface area contributed by atoms with Crippen molar-refractivity contribution in [1.82, 2.24) is 0 Å². The molecule has 110 valence electrons. The number of nitrogens with one attached hydrogen (secondary N) is 2. The van der Waals surface area contributed by atoms with Crippen molar-refractivity contribution in [2.75, 3.05) is 17.2 Å². The first-order valence-corrected chi connectivity index (χ1v) is 7.26. The Bertz CT molecular complexity index is 637. The number of anilines is 2. The van der Waals surface area contributed by atoms with E-state index in [9.17, 15) is 9.59 Å². The molecule has 1 heterocycles. The molecule has 0 saturated heterocycles. The van der Waals surface area contributed by atoms with Crippen LogP contribution >= 0.6 is 11.3 Å². The summed E-state index contributed by atoms with van der Waals surface area (Å²) < 4.78 is 6.71. The summed E-state index contributed by atoms with van der Waals surface area (Å²) >= 11 is 1.43. The van der Waals surface area contributed by atoms with Crippen LogP contribution in [0, 0.1) is 0 Å². The van der Waals surface area contributed by atoms with Crippen LogP contribution in [0.25, 0.3) is 0 Å². The third kappa shape index (κ3) is 4.03. The molecular formula is C14H16N3O3S+. The molecule has 1 aromatic carbocycles. The Morgan fingerprint density at radius 3 is 2.52 bits per heavy atom. The molecule has 0 radical (unpaired) electrons. The smallest absolute Gasteiger partial charge is 0.411 e. The van der Waals surface area contributed by atoms with Crippen LogP contribution < -0.4 is 15.2 Å². The van der Waals surface area contributed by atoms with Gasteiger partial charge in [-0.2, -0.15) is 5.32 Å². The topological polar surface area (TPSA) is 71.3 Å². The zero-order valence-electron chi connectivity index (χ0n) is 11.8. The van der Waals surface area contributed by atoms with Crippen LogP contribution in [0.15, 0.2) is 35.8 Å². The number of carbonyl (C=O) groups excluding carboxylic acids is 2. The number of thiazole rings is 1. The number of carbonyl (C=O) groups is 2. The zero-order valence-corrected chi connectivity index (χ0v) is 12.6. The van der Waals surface area contributed by atoms with E-state index in [1.165, 1.54) is 11.3 Å². The van der Waals surface area contributed by atoms with E-state index >= 15 is 0 Å². The molecule has 0 fully saturated rings. The summed E-state index contributed by atoms with van der Waals surface area (Å²) in [6.07, 6.45) is 1.86. The number of benzene rings is 1. The average molecular weight is 306 g/mol. The first-order chi connectivity index (χ1) is 10.1. The molecule has 7 heteroatoms. The third-order valence-corrected chi connectivity index (χ3v) is 3.53. The van der Waals surface area contributed by atoms with Crippen molar-refractivity contribution in [3.8, 4) is 0 Å². The molecule has 2 aromatic rings. The molecule has 0 aliphatic rings. The Labute approximate surface area is 126 Å². The number of rotatable bonds is 4. The fraction of sp³-hybridized carbons (Fsp3) is 0.214. The van der Waals surface area contributed by atoms with Gasteiger partial charge in [0.1, 0.15) is 6.20 Å². The summed E-state index contributed by atoms with van der Waals surface area (Å²) in [4.78, 5) is 23.3. The van der Waals surface area contributed by atoms with Gasteiger partial charge < -0.3 is 4.74 Å². The molecule has 0 saturated carbocycles. The van der Waals surface area contributed by atoms with E-state index in [1.54, 1.807) is 31.2 Å². The number of urea groups is 1. The van der Waals surface area contributed by atoms with Gasteiger partial charge in [0, 0.05) is 11.1 Å². The largest absolute Gasteiger partial charge is 0.462 e. The first-order valence-electron chi connectivity index (χ1n) is 6.38. The summed E-state index contributed by atoms with van der Waals surface area (Å²) in [6, 6.07) is 6.19. The lowest BCUT2D eigenvalue weighted by molar-refractivity contribution is -0.652. The predicted molar refractivity (Wildman–Crippen MR) is 80.5 cm³/mol. The fourth-order valence-electron chi connectivity index (χ4n) is 1.62. The third-order valence-electron chi connectivity index (χ3n) is 2.66. The van der Waals surface area contributed by atoms with Crippen molar-refractivity contribution >= 4 is 34.2 Å². The monoisotopic (exact) mass is 306 g/mol. The van der Waals surface area contributed by atoms with Crippen molar-refractivity contribution in [2.45, 2.75) is 6.92 Å². The van der Waals surface area contributed by atoms with Crippen LogP contribution in [0.3, 0.4) is 0 Å². The lowest BCUT2D eigenvalue weighted by Gasteiger charge is -2.04. The molecular weight excluding hydrogens is 290 g/mol. The number of nitrogens with zero attached hydrogens (tertiary/aromatic N) is 1. The van der Waals surface area contributed by atoms with E-state index in [2.05, 4.69) is 10.6 Å². The first kappa shape index (κ1) is 15.0. The van der Waals surface area contributed by atoms with Gasteiger partial charge >= 0.3 is 17.1 Å². The predicted octanol–water partition coefficient (Wildman–Crippen LogP) is 2.39. The molecule has 1 aromatic heterocycles. The van der Waals surface area contributed by atoms with E-state index < -0.39 is 0 Å². The van der Waals surface area contributed by atoms with Crippen LogP contribution in [-0.4, -0.2) is 18.6 Å². The van der Waals surface area contributed by atoms with Crippen LogP contribution in [0.1, 0.15) is 17.3 Å². The molecule has 0 unspecified atom stereocenters. The van der Waals surface area contributed by atoms with Gasteiger partial charge in [-0.15, -0.1) is 0 Å². The molecule has 0 bridgehead atoms. The number of hydrogen-bond acceptors (Lipinski definition) is 4. The maximum Gasteiger partial charge on any atom is 0.411 e. The molecule has 2 N–H and O–H groups in total. The second-order valence-electron chi connectivity index (χ2n) is 4.20. The van der Waals surface area contributed by atoms with E-state index in [4.69, 9.17) is 4.74 Å². The maximum absolute atomic E-state index is 11.8. The van der Waals surface area contributed by atoms with E-state index in [1.807, 2.05) is 23.2 Å². The quantitative estimate of drug-likeness (QED) is 0.673. The number of esters is 1. The molecule has 21 heavy (non-hydrogen) atoms. The summed E-state index contributed by atoms with van der Waals surface area (Å²) in [5.74, 6) is -0.376. The van der Waals surface area contributed by atoms with E-state index in [0.717, 1.165) is 5.13 Å². The second-order valence-corrected chi connectivity index (χ2v) is 5.09. The minimum Gasteiger partial charge on any atom is -0.462 e. The van der Waals surface area contributed by atoms with Crippen molar-refractivity contribution in [3.05, 3.63) is 41.4 Å². The second kappa shape index (κ2) is 6.85. The normalized spacial score (nSPS) is 10.0. The SMILES string of the molecule is CCOC(=O)c1ccc(NC(=O)Nc2scc[n+]2C)cc1. The minimum absolute atomic E-state index is 0.332. The summed E-state index contributed by atoms with van der Waals surface area (Å²) in [5.41, 5.74) is 1.05. The van der Waals surface area contributed by atoms with Gasteiger partial charge in [0.05, 0.1) is 19.2 Å². The zero-order chi connectivity index (χ0) is 15.2.